The van der Waals surface area contributed by atoms with Crippen LogP contribution in [-0.4, -0.2) is 43.3 Å². The number of ether oxygens (including phenoxy) is 2. The highest BCUT2D eigenvalue weighted by Gasteiger charge is 2.36. The minimum absolute atomic E-state index is 0.108. The molecule has 0 amide bonds. The molecule has 39 heavy (non-hydrogen) atoms. The first-order chi connectivity index (χ1) is 18.7. The summed E-state index contributed by atoms with van der Waals surface area (Å²) < 4.78 is 31.5. The standard InChI is InChI=1S/C32H53BNO5/c1-9-11-13-15-21-35-29-17-18-30(31(24-29)36-22-16-14-12-10-2)28-19-20-34-32(23-28)33(37-25(3)4,38-26(5)6)39-27(7)8/h17-20,23-27H,9-16,21-22H2,1-8H3/q-1. The number of hydrogen-bond donors (Lipinski definition) is 0. The number of nitrogens with zero attached hydrogens (tertiary/aromatic N) is 1. The SMILES string of the molecule is CCCCCCOc1ccc(-c2ccnc([B-](OC(C)C)(OC(C)C)OC(C)C)c2)c(OCCCCCC)c1. The van der Waals surface area contributed by atoms with E-state index in [1.807, 2.05) is 65.8 Å². The molecule has 0 saturated heterocycles. The van der Waals surface area contributed by atoms with Crippen molar-refractivity contribution in [3.05, 3.63) is 36.5 Å². The lowest BCUT2D eigenvalue weighted by Gasteiger charge is -2.45. The van der Waals surface area contributed by atoms with Gasteiger partial charge in [0.25, 0.3) is 0 Å². The van der Waals surface area contributed by atoms with Crippen molar-refractivity contribution < 1.29 is 23.4 Å². The van der Waals surface area contributed by atoms with Crippen LogP contribution in [0.5, 0.6) is 11.5 Å². The fraction of sp³-hybridized carbons (Fsp3) is 0.656. The lowest BCUT2D eigenvalue weighted by molar-refractivity contribution is 0.0146. The van der Waals surface area contributed by atoms with E-state index >= 15 is 0 Å². The molecule has 0 radical (unpaired) electrons. The second kappa shape index (κ2) is 17.6. The van der Waals surface area contributed by atoms with Crippen LogP contribution < -0.4 is 15.1 Å². The lowest BCUT2D eigenvalue weighted by atomic mass is 9.71. The molecule has 6 nitrogen and oxygen atoms in total. The molecule has 0 fully saturated rings. The van der Waals surface area contributed by atoms with E-state index in [0.29, 0.717) is 18.8 Å². The highest BCUT2D eigenvalue weighted by atomic mass is 16.8. The molecular weight excluding hydrogens is 489 g/mol. The molecule has 0 aliphatic rings. The van der Waals surface area contributed by atoms with Gasteiger partial charge in [-0.2, -0.15) is 0 Å². The molecule has 0 saturated carbocycles. The average Bonchev–Trinajstić information content (AvgIpc) is 2.87. The van der Waals surface area contributed by atoms with Crippen LogP contribution in [0.15, 0.2) is 36.5 Å². The van der Waals surface area contributed by atoms with Crippen molar-refractivity contribution in [3.8, 4) is 22.6 Å². The van der Waals surface area contributed by atoms with Crippen LogP contribution in [0.25, 0.3) is 11.1 Å². The van der Waals surface area contributed by atoms with Gasteiger partial charge in [0.1, 0.15) is 11.5 Å². The molecule has 1 heterocycles. The van der Waals surface area contributed by atoms with Gasteiger partial charge < -0.3 is 23.4 Å². The second-order valence-corrected chi connectivity index (χ2v) is 11.1. The minimum atomic E-state index is -2.27. The van der Waals surface area contributed by atoms with Crippen LogP contribution in [0.2, 0.25) is 0 Å². The summed E-state index contributed by atoms with van der Waals surface area (Å²) in [6.45, 7) is 15.5. The molecule has 0 aliphatic carbocycles. The fourth-order valence-electron chi connectivity index (χ4n) is 4.57. The normalized spacial score (nSPS) is 12.1. The Morgan fingerprint density at radius 2 is 1.23 bits per heavy atom. The highest BCUT2D eigenvalue weighted by Crippen LogP contribution is 2.34. The second-order valence-electron chi connectivity index (χ2n) is 11.1. The van der Waals surface area contributed by atoms with Gasteiger partial charge in [-0.1, -0.05) is 58.4 Å². The Bertz CT molecular complexity index is 923. The van der Waals surface area contributed by atoms with E-state index in [-0.39, 0.29) is 18.3 Å². The first kappa shape index (κ1) is 33.1. The first-order valence-electron chi connectivity index (χ1n) is 15.2. The van der Waals surface area contributed by atoms with Gasteiger partial charge in [-0.05, 0) is 83.7 Å². The first-order valence-corrected chi connectivity index (χ1v) is 15.2. The number of benzene rings is 1. The summed E-state index contributed by atoms with van der Waals surface area (Å²) in [5, 5.41) is 0. The van der Waals surface area contributed by atoms with Crippen LogP contribution >= 0.6 is 0 Å². The average molecular weight is 543 g/mol. The van der Waals surface area contributed by atoms with Gasteiger partial charge in [0.15, 0.2) is 0 Å². The highest BCUT2D eigenvalue weighted by molar-refractivity contribution is 6.74. The van der Waals surface area contributed by atoms with Crippen LogP contribution in [0, 0.1) is 0 Å². The zero-order chi connectivity index (χ0) is 28.7. The number of rotatable bonds is 20. The van der Waals surface area contributed by atoms with E-state index < -0.39 is 6.75 Å². The Labute approximate surface area is 238 Å². The Morgan fingerprint density at radius 1 is 0.667 bits per heavy atom. The van der Waals surface area contributed by atoms with Crippen molar-refractivity contribution in [2.75, 3.05) is 13.2 Å². The molecule has 0 bridgehead atoms. The van der Waals surface area contributed by atoms with Gasteiger partial charge in [-0.15, -0.1) is 0 Å². The van der Waals surface area contributed by atoms with Crippen LogP contribution in [0.1, 0.15) is 107 Å². The number of pyridine rings is 1. The Balaban J connectivity index is 2.43. The zero-order valence-corrected chi connectivity index (χ0v) is 25.8. The quantitative estimate of drug-likeness (QED) is 0.125. The monoisotopic (exact) mass is 542 g/mol. The van der Waals surface area contributed by atoms with E-state index in [4.69, 9.17) is 28.4 Å². The predicted octanol–water partition coefficient (Wildman–Crippen LogP) is 8.09. The molecule has 7 heteroatoms. The van der Waals surface area contributed by atoms with E-state index in [0.717, 1.165) is 41.9 Å². The van der Waals surface area contributed by atoms with Crippen molar-refractivity contribution in [1.82, 2.24) is 4.98 Å². The molecule has 1 aromatic heterocycles. The fourth-order valence-corrected chi connectivity index (χ4v) is 4.57. The molecule has 0 atom stereocenters. The smallest absolute Gasteiger partial charge is 0.428 e. The maximum Gasteiger partial charge on any atom is 0.428 e. The van der Waals surface area contributed by atoms with E-state index in [1.54, 1.807) is 6.20 Å². The summed E-state index contributed by atoms with van der Waals surface area (Å²) in [6.07, 6.45) is 10.8. The lowest BCUT2D eigenvalue weighted by Crippen LogP contribution is -2.61. The molecule has 220 valence electrons. The van der Waals surface area contributed by atoms with Gasteiger partial charge >= 0.3 is 6.75 Å². The minimum Gasteiger partial charge on any atom is -0.538 e. The van der Waals surface area contributed by atoms with E-state index in [2.05, 4.69) is 19.9 Å². The van der Waals surface area contributed by atoms with Crippen LogP contribution in [-0.2, 0) is 14.0 Å². The van der Waals surface area contributed by atoms with Crippen molar-refractivity contribution in [2.45, 2.75) is 125 Å². The molecule has 1 aromatic carbocycles. The van der Waals surface area contributed by atoms with E-state index in [9.17, 15) is 0 Å². The van der Waals surface area contributed by atoms with Crippen LogP contribution in [0.3, 0.4) is 0 Å². The largest absolute Gasteiger partial charge is 0.538 e. The molecular formula is C32H53BNO5-. The maximum atomic E-state index is 6.36. The number of unbranched alkanes of at least 4 members (excludes halogenated alkanes) is 6. The third-order valence-corrected chi connectivity index (χ3v) is 6.28. The van der Waals surface area contributed by atoms with Gasteiger partial charge in [0.05, 0.1) is 13.2 Å². The Hall–Kier alpha value is -2.09. The topological polar surface area (TPSA) is 59.0 Å². The number of aromatic nitrogens is 1. The number of hydrogen-bond acceptors (Lipinski definition) is 6. The van der Waals surface area contributed by atoms with Crippen molar-refractivity contribution in [1.29, 1.82) is 0 Å². The van der Waals surface area contributed by atoms with Gasteiger partial charge in [0.2, 0.25) is 0 Å². The third kappa shape index (κ3) is 11.5. The van der Waals surface area contributed by atoms with Crippen LogP contribution in [0.4, 0.5) is 0 Å². The summed E-state index contributed by atoms with van der Waals surface area (Å²) >= 11 is 0. The van der Waals surface area contributed by atoms with Gasteiger partial charge in [0, 0.05) is 36.1 Å². The molecule has 0 aliphatic heterocycles. The molecule has 2 aromatic rings. The van der Waals surface area contributed by atoms with Crippen molar-refractivity contribution in [2.24, 2.45) is 0 Å². The summed E-state index contributed by atoms with van der Waals surface area (Å²) in [4.78, 5) is 4.69. The zero-order valence-electron chi connectivity index (χ0n) is 25.8. The van der Waals surface area contributed by atoms with Crippen molar-refractivity contribution in [3.63, 3.8) is 0 Å². The van der Waals surface area contributed by atoms with Crippen molar-refractivity contribution >= 4 is 12.3 Å². The van der Waals surface area contributed by atoms with Gasteiger partial charge in [-0.25, -0.2) is 0 Å². The molecule has 0 N–H and O–H groups in total. The molecule has 2 rings (SSSR count). The predicted molar refractivity (Wildman–Crippen MR) is 163 cm³/mol. The third-order valence-electron chi connectivity index (χ3n) is 6.28. The Morgan fingerprint density at radius 3 is 1.77 bits per heavy atom. The Kier molecular flexibility index (Phi) is 14.9. The molecule has 0 spiro atoms. The maximum absolute atomic E-state index is 6.36. The van der Waals surface area contributed by atoms with Gasteiger partial charge in [-0.3, -0.25) is 4.98 Å². The summed E-state index contributed by atoms with van der Waals surface area (Å²) in [7, 11) is 0. The molecule has 0 unspecified atom stereocenters. The summed E-state index contributed by atoms with van der Waals surface area (Å²) in [5.74, 6) is 1.65. The summed E-state index contributed by atoms with van der Waals surface area (Å²) in [5.41, 5.74) is 2.58. The van der Waals surface area contributed by atoms with E-state index in [1.165, 1.54) is 32.1 Å². The summed E-state index contributed by atoms with van der Waals surface area (Å²) in [6, 6.07) is 10.1.